The van der Waals surface area contributed by atoms with Crippen molar-refractivity contribution in [1.29, 1.82) is 0 Å². The zero-order valence-corrected chi connectivity index (χ0v) is 14.6. The molecule has 0 spiro atoms. The quantitative estimate of drug-likeness (QED) is 0.713. The van der Waals surface area contributed by atoms with Crippen molar-refractivity contribution < 1.29 is 28.7 Å². The third-order valence-electron chi connectivity index (χ3n) is 3.51. The van der Waals surface area contributed by atoms with E-state index >= 15 is 0 Å². The SMILES string of the molecule is COC(=O)C[C@@H](C)[C@H](NC(=O)c1ccccc1NC(C)=O)C(=O)OC. The van der Waals surface area contributed by atoms with Crippen LogP contribution < -0.4 is 10.6 Å². The Kier molecular flexibility index (Phi) is 7.58. The first-order valence-electron chi connectivity index (χ1n) is 7.62. The van der Waals surface area contributed by atoms with Crippen molar-refractivity contribution in [3.63, 3.8) is 0 Å². The molecule has 1 rings (SSSR count). The Bertz CT molecular complexity index is 658. The third kappa shape index (κ3) is 5.91. The fourth-order valence-corrected chi connectivity index (χ4v) is 2.22. The predicted molar refractivity (Wildman–Crippen MR) is 89.8 cm³/mol. The molecule has 0 aliphatic heterocycles. The molecule has 0 fully saturated rings. The van der Waals surface area contributed by atoms with E-state index in [4.69, 9.17) is 4.74 Å². The van der Waals surface area contributed by atoms with Crippen molar-refractivity contribution >= 4 is 29.4 Å². The van der Waals surface area contributed by atoms with E-state index in [2.05, 4.69) is 15.4 Å². The Hall–Kier alpha value is -2.90. The van der Waals surface area contributed by atoms with E-state index < -0.39 is 29.8 Å². The number of esters is 2. The van der Waals surface area contributed by atoms with Crippen LogP contribution in [0.25, 0.3) is 0 Å². The standard InChI is InChI=1S/C17H22N2O6/c1-10(9-14(21)24-3)15(17(23)25-4)19-16(22)12-7-5-6-8-13(12)18-11(2)20/h5-8,10,15H,9H2,1-4H3,(H,18,20)(H,19,22)/t10-,15+/m1/s1. The number of benzene rings is 1. The van der Waals surface area contributed by atoms with Crippen LogP contribution in [0.15, 0.2) is 24.3 Å². The van der Waals surface area contributed by atoms with Crippen molar-refractivity contribution in [2.24, 2.45) is 5.92 Å². The Morgan fingerprint density at radius 2 is 1.72 bits per heavy atom. The lowest BCUT2D eigenvalue weighted by Crippen LogP contribution is -2.46. The predicted octanol–water partition coefficient (Wildman–Crippen LogP) is 1.12. The summed E-state index contributed by atoms with van der Waals surface area (Å²) in [5.41, 5.74) is 0.508. The number of para-hydroxylation sites is 1. The summed E-state index contributed by atoms with van der Waals surface area (Å²) in [6.45, 7) is 2.95. The van der Waals surface area contributed by atoms with E-state index in [-0.39, 0.29) is 17.9 Å². The highest BCUT2D eigenvalue weighted by Gasteiger charge is 2.30. The van der Waals surface area contributed by atoms with Gasteiger partial charge in [0.25, 0.3) is 5.91 Å². The monoisotopic (exact) mass is 350 g/mol. The van der Waals surface area contributed by atoms with Crippen LogP contribution in [0.5, 0.6) is 0 Å². The first-order valence-corrected chi connectivity index (χ1v) is 7.62. The third-order valence-corrected chi connectivity index (χ3v) is 3.51. The normalized spacial score (nSPS) is 12.5. The van der Waals surface area contributed by atoms with Crippen LogP contribution >= 0.6 is 0 Å². The van der Waals surface area contributed by atoms with E-state index in [0.717, 1.165) is 0 Å². The summed E-state index contributed by atoms with van der Waals surface area (Å²) in [4.78, 5) is 47.2. The fourth-order valence-electron chi connectivity index (χ4n) is 2.22. The number of carbonyl (C=O) groups excluding carboxylic acids is 4. The summed E-state index contributed by atoms with van der Waals surface area (Å²) in [5.74, 6) is -2.63. The second-order valence-corrected chi connectivity index (χ2v) is 5.46. The Labute approximate surface area is 145 Å². The van der Waals surface area contributed by atoms with Gasteiger partial charge in [0, 0.05) is 6.92 Å². The molecular weight excluding hydrogens is 328 g/mol. The van der Waals surface area contributed by atoms with Gasteiger partial charge in [-0.1, -0.05) is 19.1 Å². The number of rotatable bonds is 7. The lowest BCUT2D eigenvalue weighted by Gasteiger charge is -2.22. The van der Waals surface area contributed by atoms with Crippen LogP contribution in [0.3, 0.4) is 0 Å². The minimum atomic E-state index is -1.04. The number of amides is 2. The van der Waals surface area contributed by atoms with Gasteiger partial charge in [-0.2, -0.15) is 0 Å². The van der Waals surface area contributed by atoms with Crippen molar-refractivity contribution in [1.82, 2.24) is 5.32 Å². The molecule has 0 aromatic heterocycles. The van der Waals surface area contributed by atoms with Crippen LogP contribution in [-0.4, -0.2) is 44.0 Å². The molecule has 0 aliphatic rings. The molecule has 1 aromatic rings. The Balaban J connectivity index is 3.01. The Morgan fingerprint density at radius 3 is 2.28 bits per heavy atom. The molecule has 0 heterocycles. The molecule has 0 radical (unpaired) electrons. The molecule has 2 amide bonds. The van der Waals surface area contributed by atoms with Gasteiger partial charge in [-0.15, -0.1) is 0 Å². The van der Waals surface area contributed by atoms with Gasteiger partial charge in [0.05, 0.1) is 31.9 Å². The van der Waals surface area contributed by atoms with Gasteiger partial charge in [-0.25, -0.2) is 4.79 Å². The van der Waals surface area contributed by atoms with Crippen LogP contribution in [0.2, 0.25) is 0 Å². The van der Waals surface area contributed by atoms with Crippen LogP contribution in [-0.2, 0) is 23.9 Å². The minimum Gasteiger partial charge on any atom is -0.469 e. The molecule has 1 aromatic carbocycles. The molecule has 136 valence electrons. The Morgan fingerprint density at radius 1 is 1.08 bits per heavy atom. The largest absolute Gasteiger partial charge is 0.469 e. The average molecular weight is 350 g/mol. The lowest BCUT2D eigenvalue weighted by atomic mass is 9.97. The minimum absolute atomic E-state index is 0.0656. The van der Waals surface area contributed by atoms with Gasteiger partial charge < -0.3 is 20.1 Å². The van der Waals surface area contributed by atoms with E-state index in [9.17, 15) is 19.2 Å². The molecule has 0 bridgehead atoms. The maximum Gasteiger partial charge on any atom is 0.328 e. The molecule has 8 nitrogen and oxygen atoms in total. The van der Waals surface area contributed by atoms with Gasteiger partial charge in [0.1, 0.15) is 6.04 Å². The topological polar surface area (TPSA) is 111 Å². The number of hydrogen-bond donors (Lipinski definition) is 2. The number of anilines is 1. The van der Waals surface area contributed by atoms with Crippen molar-refractivity contribution in [2.75, 3.05) is 19.5 Å². The van der Waals surface area contributed by atoms with E-state index in [0.29, 0.717) is 5.69 Å². The first kappa shape index (κ1) is 20.1. The number of nitrogens with one attached hydrogen (secondary N) is 2. The van der Waals surface area contributed by atoms with Crippen molar-refractivity contribution in [2.45, 2.75) is 26.3 Å². The number of carbonyl (C=O) groups is 4. The van der Waals surface area contributed by atoms with E-state index in [1.54, 1.807) is 25.1 Å². The van der Waals surface area contributed by atoms with Gasteiger partial charge in [0.2, 0.25) is 5.91 Å². The lowest BCUT2D eigenvalue weighted by molar-refractivity contribution is -0.146. The van der Waals surface area contributed by atoms with E-state index in [1.165, 1.54) is 27.2 Å². The number of ether oxygens (including phenoxy) is 2. The van der Waals surface area contributed by atoms with Crippen LogP contribution in [0.1, 0.15) is 30.6 Å². The number of hydrogen-bond acceptors (Lipinski definition) is 6. The van der Waals surface area contributed by atoms with Gasteiger partial charge in [0.15, 0.2) is 0 Å². The number of methoxy groups -OCH3 is 2. The zero-order chi connectivity index (χ0) is 19.0. The second-order valence-electron chi connectivity index (χ2n) is 5.46. The maximum absolute atomic E-state index is 12.6. The molecule has 25 heavy (non-hydrogen) atoms. The van der Waals surface area contributed by atoms with Crippen molar-refractivity contribution in [3.8, 4) is 0 Å². The molecular formula is C17H22N2O6. The highest BCUT2D eigenvalue weighted by Crippen LogP contribution is 2.17. The first-order chi connectivity index (χ1) is 11.8. The van der Waals surface area contributed by atoms with Crippen LogP contribution in [0.4, 0.5) is 5.69 Å². The molecule has 0 unspecified atom stereocenters. The average Bonchev–Trinajstić information content (AvgIpc) is 2.58. The highest BCUT2D eigenvalue weighted by molar-refractivity contribution is 6.04. The molecule has 2 N–H and O–H groups in total. The van der Waals surface area contributed by atoms with Crippen LogP contribution in [0, 0.1) is 5.92 Å². The molecule has 8 heteroatoms. The van der Waals surface area contributed by atoms with E-state index in [1.807, 2.05) is 0 Å². The summed E-state index contributed by atoms with van der Waals surface area (Å²) in [5, 5.41) is 5.11. The molecule has 0 saturated heterocycles. The molecule has 2 atom stereocenters. The second kappa shape index (κ2) is 9.41. The summed E-state index contributed by atoms with van der Waals surface area (Å²) in [6, 6.07) is 5.34. The maximum atomic E-state index is 12.6. The highest BCUT2D eigenvalue weighted by atomic mass is 16.5. The summed E-state index contributed by atoms with van der Waals surface area (Å²) in [7, 11) is 2.43. The smallest absolute Gasteiger partial charge is 0.328 e. The fraction of sp³-hybridized carbons (Fsp3) is 0.412. The van der Waals surface area contributed by atoms with Crippen molar-refractivity contribution in [3.05, 3.63) is 29.8 Å². The molecule has 0 saturated carbocycles. The van der Waals surface area contributed by atoms with Gasteiger partial charge in [-0.05, 0) is 18.1 Å². The molecule has 0 aliphatic carbocycles. The zero-order valence-electron chi connectivity index (χ0n) is 14.6. The summed E-state index contributed by atoms with van der Waals surface area (Å²) in [6.07, 6.45) is -0.0656. The summed E-state index contributed by atoms with van der Waals surface area (Å²) < 4.78 is 9.29. The van der Waals surface area contributed by atoms with Gasteiger partial charge >= 0.3 is 11.9 Å². The van der Waals surface area contributed by atoms with Gasteiger partial charge in [-0.3, -0.25) is 14.4 Å². The summed E-state index contributed by atoms with van der Waals surface area (Å²) >= 11 is 0.